The standard InChI is InChI=1S/C17H23NO5/c1-10(2)14-7-6-11(3)15(16(14)23-13(5)20)17(21)18-8-9-22-12(4)19/h6-7,10H,8-9H2,1-5H3,(H,18,21). The predicted octanol–water partition coefficient (Wildman–Crippen LogP) is 2.34. The van der Waals surface area contributed by atoms with Crippen molar-refractivity contribution >= 4 is 17.8 Å². The van der Waals surface area contributed by atoms with Gasteiger partial charge in [0.15, 0.2) is 0 Å². The molecule has 0 saturated heterocycles. The second kappa shape index (κ2) is 8.31. The molecule has 0 bridgehead atoms. The molecule has 0 atom stereocenters. The monoisotopic (exact) mass is 321 g/mol. The van der Waals surface area contributed by atoms with Crippen molar-refractivity contribution in [3.8, 4) is 5.75 Å². The maximum absolute atomic E-state index is 12.4. The Kier molecular flexibility index (Phi) is 6.75. The molecule has 6 heteroatoms. The summed E-state index contributed by atoms with van der Waals surface area (Å²) < 4.78 is 10.1. The second-order valence-corrected chi connectivity index (χ2v) is 5.52. The third kappa shape index (κ3) is 5.39. The second-order valence-electron chi connectivity index (χ2n) is 5.52. The molecule has 0 unspecified atom stereocenters. The summed E-state index contributed by atoms with van der Waals surface area (Å²) in [6.45, 7) is 8.57. The molecular formula is C17H23NO5. The number of esters is 2. The molecule has 0 radical (unpaired) electrons. The van der Waals surface area contributed by atoms with Gasteiger partial charge in [-0.1, -0.05) is 26.0 Å². The van der Waals surface area contributed by atoms with Crippen LogP contribution in [0.25, 0.3) is 0 Å². The number of rotatable bonds is 6. The van der Waals surface area contributed by atoms with Gasteiger partial charge in [0, 0.05) is 13.8 Å². The van der Waals surface area contributed by atoms with Crippen LogP contribution in [0.2, 0.25) is 0 Å². The smallest absolute Gasteiger partial charge is 0.308 e. The third-order valence-electron chi connectivity index (χ3n) is 3.18. The van der Waals surface area contributed by atoms with Gasteiger partial charge < -0.3 is 14.8 Å². The molecule has 1 rings (SSSR count). The fraction of sp³-hybridized carbons (Fsp3) is 0.471. The summed E-state index contributed by atoms with van der Waals surface area (Å²) in [5.74, 6) is -0.868. The first kappa shape index (κ1) is 18.7. The van der Waals surface area contributed by atoms with Gasteiger partial charge in [0.1, 0.15) is 12.4 Å². The number of aryl methyl sites for hydroxylation is 1. The Hall–Kier alpha value is -2.37. The molecule has 0 saturated carbocycles. The van der Waals surface area contributed by atoms with Gasteiger partial charge in [-0.15, -0.1) is 0 Å². The van der Waals surface area contributed by atoms with Gasteiger partial charge in [-0.25, -0.2) is 0 Å². The molecule has 23 heavy (non-hydrogen) atoms. The first-order valence-electron chi connectivity index (χ1n) is 7.47. The fourth-order valence-corrected chi connectivity index (χ4v) is 2.14. The molecule has 1 aromatic rings. The van der Waals surface area contributed by atoms with Crippen LogP contribution in [0.15, 0.2) is 12.1 Å². The maximum Gasteiger partial charge on any atom is 0.308 e. The van der Waals surface area contributed by atoms with Crippen molar-refractivity contribution in [3.63, 3.8) is 0 Å². The van der Waals surface area contributed by atoms with Gasteiger partial charge in [0.05, 0.1) is 12.1 Å². The molecule has 0 aliphatic heterocycles. The lowest BCUT2D eigenvalue weighted by Gasteiger charge is -2.18. The Morgan fingerprint density at radius 3 is 2.30 bits per heavy atom. The van der Waals surface area contributed by atoms with Crippen LogP contribution in [-0.2, 0) is 14.3 Å². The summed E-state index contributed by atoms with van der Waals surface area (Å²) in [5.41, 5.74) is 1.82. The van der Waals surface area contributed by atoms with E-state index in [4.69, 9.17) is 9.47 Å². The highest BCUT2D eigenvalue weighted by Crippen LogP contribution is 2.32. The number of amides is 1. The van der Waals surface area contributed by atoms with Crippen LogP contribution < -0.4 is 10.1 Å². The lowest BCUT2D eigenvalue weighted by Crippen LogP contribution is -2.29. The van der Waals surface area contributed by atoms with Gasteiger partial charge >= 0.3 is 11.9 Å². The number of ether oxygens (including phenoxy) is 2. The van der Waals surface area contributed by atoms with Crippen LogP contribution in [0, 0.1) is 6.92 Å². The number of nitrogens with one attached hydrogen (secondary N) is 1. The van der Waals surface area contributed by atoms with E-state index < -0.39 is 11.9 Å². The number of carbonyl (C=O) groups is 3. The van der Waals surface area contributed by atoms with E-state index in [1.54, 1.807) is 6.92 Å². The van der Waals surface area contributed by atoms with Crippen molar-refractivity contribution < 1.29 is 23.9 Å². The zero-order valence-electron chi connectivity index (χ0n) is 14.2. The Morgan fingerprint density at radius 1 is 1.13 bits per heavy atom. The minimum absolute atomic E-state index is 0.0902. The SMILES string of the molecule is CC(=O)OCCNC(=O)c1c(C)ccc(C(C)C)c1OC(C)=O. The summed E-state index contributed by atoms with van der Waals surface area (Å²) in [6.07, 6.45) is 0. The first-order valence-corrected chi connectivity index (χ1v) is 7.47. The zero-order chi connectivity index (χ0) is 17.6. The molecule has 1 amide bonds. The molecule has 126 valence electrons. The van der Waals surface area contributed by atoms with E-state index in [-0.39, 0.29) is 30.7 Å². The highest BCUT2D eigenvalue weighted by molar-refractivity contribution is 5.99. The number of hydrogen-bond acceptors (Lipinski definition) is 5. The Morgan fingerprint density at radius 2 is 1.78 bits per heavy atom. The minimum atomic E-state index is -0.480. The summed E-state index contributed by atoms with van der Waals surface area (Å²) >= 11 is 0. The third-order valence-corrected chi connectivity index (χ3v) is 3.18. The van der Waals surface area contributed by atoms with E-state index in [1.807, 2.05) is 26.0 Å². The molecule has 0 aromatic heterocycles. The quantitative estimate of drug-likeness (QED) is 0.494. The normalized spacial score (nSPS) is 10.3. The topological polar surface area (TPSA) is 81.7 Å². The van der Waals surface area contributed by atoms with Gasteiger partial charge in [0.2, 0.25) is 0 Å². The van der Waals surface area contributed by atoms with Crippen molar-refractivity contribution in [1.82, 2.24) is 5.32 Å². The molecule has 0 aliphatic carbocycles. The average Bonchev–Trinajstić information content (AvgIpc) is 2.42. The Bertz CT molecular complexity index is 607. The van der Waals surface area contributed by atoms with Crippen molar-refractivity contribution in [1.29, 1.82) is 0 Å². The van der Waals surface area contributed by atoms with E-state index >= 15 is 0 Å². The number of carbonyl (C=O) groups excluding carboxylic acids is 3. The maximum atomic E-state index is 12.4. The molecule has 1 aromatic carbocycles. The molecule has 0 aliphatic rings. The summed E-state index contributed by atoms with van der Waals surface area (Å²) in [5, 5.41) is 2.67. The van der Waals surface area contributed by atoms with Gasteiger partial charge in [-0.05, 0) is 24.0 Å². The van der Waals surface area contributed by atoms with Crippen LogP contribution in [0.1, 0.15) is 55.1 Å². The van der Waals surface area contributed by atoms with Gasteiger partial charge in [0.25, 0.3) is 5.91 Å². The average molecular weight is 321 g/mol. The Balaban J connectivity index is 3.07. The molecule has 6 nitrogen and oxygen atoms in total. The van der Waals surface area contributed by atoms with Crippen molar-refractivity contribution in [2.45, 2.75) is 40.5 Å². The van der Waals surface area contributed by atoms with Crippen molar-refractivity contribution in [3.05, 3.63) is 28.8 Å². The molecule has 0 fully saturated rings. The summed E-state index contributed by atoms with van der Waals surface area (Å²) in [6, 6.07) is 3.68. The largest absolute Gasteiger partial charge is 0.464 e. The number of benzene rings is 1. The van der Waals surface area contributed by atoms with E-state index in [1.165, 1.54) is 13.8 Å². The fourth-order valence-electron chi connectivity index (χ4n) is 2.14. The minimum Gasteiger partial charge on any atom is -0.464 e. The van der Waals surface area contributed by atoms with Crippen LogP contribution in [0.3, 0.4) is 0 Å². The summed E-state index contributed by atoms with van der Waals surface area (Å²) in [7, 11) is 0. The predicted molar refractivity (Wildman–Crippen MR) is 85.5 cm³/mol. The van der Waals surface area contributed by atoms with Crippen molar-refractivity contribution in [2.75, 3.05) is 13.2 Å². The van der Waals surface area contributed by atoms with Gasteiger partial charge in [-0.2, -0.15) is 0 Å². The zero-order valence-corrected chi connectivity index (χ0v) is 14.2. The highest BCUT2D eigenvalue weighted by Gasteiger charge is 2.22. The summed E-state index contributed by atoms with van der Waals surface area (Å²) in [4.78, 5) is 34.6. The molecule has 0 heterocycles. The molecule has 1 N–H and O–H groups in total. The lowest BCUT2D eigenvalue weighted by atomic mass is 9.95. The van der Waals surface area contributed by atoms with Gasteiger partial charge in [-0.3, -0.25) is 14.4 Å². The van der Waals surface area contributed by atoms with Crippen LogP contribution in [-0.4, -0.2) is 31.0 Å². The van der Waals surface area contributed by atoms with Crippen LogP contribution in [0.5, 0.6) is 5.75 Å². The van der Waals surface area contributed by atoms with E-state index in [2.05, 4.69) is 5.32 Å². The highest BCUT2D eigenvalue weighted by atomic mass is 16.5. The van der Waals surface area contributed by atoms with Crippen LogP contribution >= 0.6 is 0 Å². The van der Waals surface area contributed by atoms with Crippen LogP contribution in [0.4, 0.5) is 0 Å². The van der Waals surface area contributed by atoms with E-state index in [9.17, 15) is 14.4 Å². The lowest BCUT2D eigenvalue weighted by molar-refractivity contribution is -0.140. The van der Waals surface area contributed by atoms with Crippen molar-refractivity contribution in [2.24, 2.45) is 0 Å². The molecule has 0 spiro atoms. The molecular weight excluding hydrogens is 298 g/mol. The van der Waals surface area contributed by atoms with E-state index in [0.717, 1.165) is 5.56 Å². The number of hydrogen-bond donors (Lipinski definition) is 1. The first-order chi connectivity index (χ1) is 10.7. The Labute approximate surface area is 136 Å². The van der Waals surface area contributed by atoms with E-state index in [0.29, 0.717) is 11.1 Å².